The molecule has 1 unspecified atom stereocenters. The molecule has 4 rings (SSSR count). The summed E-state index contributed by atoms with van der Waals surface area (Å²) in [6.07, 6.45) is 3.29. The smallest absolute Gasteiger partial charge is 0.174 e. The number of hydrogen-bond acceptors (Lipinski definition) is 6. The molecule has 7 nitrogen and oxygen atoms in total. The van der Waals surface area contributed by atoms with E-state index >= 15 is 0 Å². The standard InChI is InChI=1S/C23H28N2O5/c26-18-4-6-20(7-5-18)28-15-17-9-12-25(13-10-17)14-19(27)16-29-30-23-3-1-2-22-21(23)8-11-24-22/h1-8,11,17,19,24,26-27H,9-10,12-16H2. The first-order chi connectivity index (χ1) is 14.7. The van der Waals surface area contributed by atoms with Gasteiger partial charge >= 0.3 is 0 Å². The SMILES string of the molecule is Oc1ccc(OCC2CCN(CC(O)COOc3cccc4[nH]ccc34)CC2)cc1. The normalized spacial score (nSPS) is 16.6. The van der Waals surface area contributed by atoms with E-state index in [1.807, 2.05) is 30.5 Å². The van der Waals surface area contributed by atoms with Gasteiger partial charge in [0, 0.05) is 23.6 Å². The van der Waals surface area contributed by atoms with E-state index in [9.17, 15) is 10.2 Å². The number of phenols is 1. The van der Waals surface area contributed by atoms with Gasteiger partial charge in [0.05, 0.1) is 12.7 Å². The number of nitrogens with zero attached hydrogens (tertiary/aromatic N) is 1. The molecule has 160 valence electrons. The molecule has 1 aromatic heterocycles. The number of H-pyrrole nitrogens is 1. The summed E-state index contributed by atoms with van der Waals surface area (Å²) in [7, 11) is 0. The Morgan fingerprint density at radius 1 is 1.07 bits per heavy atom. The van der Waals surface area contributed by atoms with Crippen molar-refractivity contribution in [1.29, 1.82) is 0 Å². The quantitative estimate of drug-likeness (QED) is 0.369. The first-order valence-corrected chi connectivity index (χ1v) is 10.4. The van der Waals surface area contributed by atoms with Crippen LogP contribution in [-0.4, -0.2) is 59.0 Å². The van der Waals surface area contributed by atoms with Gasteiger partial charge in [-0.1, -0.05) is 6.07 Å². The van der Waals surface area contributed by atoms with E-state index in [4.69, 9.17) is 14.5 Å². The molecule has 30 heavy (non-hydrogen) atoms. The molecule has 1 aliphatic rings. The lowest BCUT2D eigenvalue weighted by Crippen LogP contribution is -2.41. The average Bonchev–Trinajstić information content (AvgIpc) is 3.24. The lowest BCUT2D eigenvalue weighted by atomic mass is 9.97. The molecule has 0 spiro atoms. The number of piperidine rings is 1. The van der Waals surface area contributed by atoms with E-state index < -0.39 is 6.10 Å². The summed E-state index contributed by atoms with van der Waals surface area (Å²) in [5, 5.41) is 20.6. The Morgan fingerprint density at radius 2 is 1.87 bits per heavy atom. The number of aromatic amines is 1. The minimum atomic E-state index is -0.611. The van der Waals surface area contributed by atoms with E-state index in [0.29, 0.717) is 24.8 Å². The van der Waals surface area contributed by atoms with Crippen LogP contribution in [0, 0.1) is 5.92 Å². The molecule has 3 N–H and O–H groups in total. The first kappa shape index (κ1) is 20.5. The summed E-state index contributed by atoms with van der Waals surface area (Å²) in [6, 6.07) is 14.4. The van der Waals surface area contributed by atoms with Crippen LogP contribution in [0.2, 0.25) is 0 Å². The topological polar surface area (TPSA) is 87.2 Å². The molecule has 3 aromatic rings. The summed E-state index contributed by atoms with van der Waals surface area (Å²) in [4.78, 5) is 16.1. The Balaban J connectivity index is 1.13. The Labute approximate surface area is 175 Å². The number of nitrogens with one attached hydrogen (secondary N) is 1. The lowest BCUT2D eigenvalue weighted by Gasteiger charge is -2.32. The Hall–Kier alpha value is -2.74. The molecule has 7 heteroatoms. The number of ether oxygens (including phenoxy) is 1. The molecule has 0 saturated carbocycles. The van der Waals surface area contributed by atoms with Crippen molar-refractivity contribution in [2.24, 2.45) is 5.92 Å². The van der Waals surface area contributed by atoms with E-state index in [1.54, 1.807) is 24.3 Å². The Kier molecular flexibility index (Phi) is 6.74. The number of aliphatic hydroxyl groups is 1. The van der Waals surface area contributed by atoms with Crippen molar-refractivity contribution in [2.75, 3.05) is 32.8 Å². The maximum absolute atomic E-state index is 10.3. The monoisotopic (exact) mass is 412 g/mol. The van der Waals surface area contributed by atoms with Crippen LogP contribution in [0.3, 0.4) is 0 Å². The fraction of sp³-hybridized carbons (Fsp3) is 0.391. The van der Waals surface area contributed by atoms with Gasteiger partial charge in [-0.2, -0.15) is 4.89 Å². The number of benzene rings is 2. The number of fused-ring (bicyclic) bond motifs is 1. The van der Waals surface area contributed by atoms with Crippen LogP contribution in [0.15, 0.2) is 54.7 Å². The zero-order chi connectivity index (χ0) is 20.8. The fourth-order valence-corrected chi connectivity index (χ4v) is 3.75. The van der Waals surface area contributed by atoms with Gasteiger partial charge in [0.1, 0.15) is 18.1 Å². The van der Waals surface area contributed by atoms with Gasteiger partial charge in [0.25, 0.3) is 0 Å². The van der Waals surface area contributed by atoms with E-state index in [-0.39, 0.29) is 12.4 Å². The molecule has 1 atom stereocenters. The van der Waals surface area contributed by atoms with Gasteiger partial charge < -0.3 is 29.7 Å². The van der Waals surface area contributed by atoms with Crippen LogP contribution in [-0.2, 0) is 4.89 Å². The van der Waals surface area contributed by atoms with Crippen molar-refractivity contribution < 1.29 is 24.7 Å². The molecule has 1 fully saturated rings. The summed E-state index contributed by atoms with van der Waals surface area (Å²) >= 11 is 0. The van der Waals surface area contributed by atoms with E-state index in [1.165, 1.54) is 0 Å². The molecule has 2 aromatic carbocycles. The molecule has 1 aliphatic heterocycles. The highest BCUT2D eigenvalue weighted by Crippen LogP contribution is 2.25. The fourth-order valence-electron chi connectivity index (χ4n) is 3.75. The van der Waals surface area contributed by atoms with E-state index in [0.717, 1.165) is 42.6 Å². The van der Waals surface area contributed by atoms with Crippen LogP contribution in [0.1, 0.15) is 12.8 Å². The predicted octanol–water partition coefficient (Wildman–Crippen LogP) is 3.34. The van der Waals surface area contributed by atoms with Crippen molar-refractivity contribution >= 4 is 10.9 Å². The van der Waals surface area contributed by atoms with Crippen molar-refractivity contribution in [3.8, 4) is 17.2 Å². The number of aromatic nitrogens is 1. The van der Waals surface area contributed by atoms with Crippen LogP contribution in [0.4, 0.5) is 0 Å². The molecular weight excluding hydrogens is 384 g/mol. The molecule has 2 heterocycles. The molecule has 0 amide bonds. The largest absolute Gasteiger partial charge is 0.508 e. The van der Waals surface area contributed by atoms with Crippen LogP contribution >= 0.6 is 0 Å². The third kappa shape index (κ3) is 5.44. The van der Waals surface area contributed by atoms with Gasteiger partial charge in [-0.25, -0.2) is 0 Å². The number of phenolic OH excluding ortho intramolecular Hbond substituents is 1. The number of aliphatic hydroxyl groups excluding tert-OH is 1. The Bertz CT molecular complexity index is 919. The summed E-state index contributed by atoms with van der Waals surface area (Å²) in [5.74, 6) is 2.15. The third-order valence-electron chi connectivity index (χ3n) is 5.46. The predicted molar refractivity (Wildman–Crippen MR) is 114 cm³/mol. The second-order valence-electron chi connectivity index (χ2n) is 7.77. The Morgan fingerprint density at radius 3 is 2.67 bits per heavy atom. The zero-order valence-electron chi connectivity index (χ0n) is 16.9. The van der Waals surface area contributed by atoms with Crippen molar-refractivity contribution in [2.45, 2.75) is 18.9 Å². The van der Waals surface area contributed by atoms with Gasteiger partial charge in [-0.3, -0.25) is 0 Å². The van der Waals surface area contributed by atoms with Crippen molar-refractivity contribution in [3.05, 3.63) is 54.7 Å². The van der Waals surface area contributed by atoms with Crippen molar-refractivity contribution in [1.82, 2.24) is 9.88 Å². The highest BCUT2D eigenvalue weighted by atomic mass is 17.2. The van der Waals surface area contributed by atoms with Crippen LogP contribution in [0.25, 0.3) is 10.9 Å². The second kappa shape index (κ2) is 9.84. The lowest BCUT2D eigenvalue weighted by molar-refractivity contribution is -0.223. The number of hydrogen-bond donors (Lipinski definition) is 3. The van der Waals surface area contributed by atoms with Crippen molar-refractivity contribution in [3.63, 3.8) is 0 Å². The maximum Gasteiger partial charge on any atom is 0.174 e. The first-order valence-electron chi connectivity index (χ1n) is 10.4. The molecule has 1 saturated heterocycles. The van der Waals surface area contributed by atoms with Gasteiger partial charge in [-0.05, 0) is 74.3 Å². The highest BCUT2D eigenvalue weighted by Gasteiger charge is 2.22. The minimum Gasteiger partial charge on any atom is -0.508 e. The zero-order valence-corrected chi connectivity index (χ0v) is 16.9. The van der Waals surface area contributed by atoms with Gasteiger partial charge in [0.15, 0.2) is 5.75 Å². The van der Waals surface area contributed by atoms with Crippen LogP contribution < -0.4 is 9.62 Å². The number of likely N-dealkylation sites (tertiary alicyclic amines) is 1. The average molecular weight is 412 g/mol. The van der Waals surface area contributed by atoms with Crippen LogP contribution in [0.5, 0.6) is 17.2 Å². The minimum absolute atomic E-state index is 0.116. The third-order valence-corrected chi connectivity index (χ3v) is 5.46. The summed E-state index contributed by atoms with van der Waals surface area (Å²) in [5.41, 5.74) is 0.980. The molecule has 0 bridgehead atoms. The summed E-state index contributed by atoms with van der Waals surface area (Å²) < 4.78 is 5.82. The van der Waals surface area contributed by atoms with E-state index in [2.05, 4.69) is 9.88 Å². The second-order valence-corrected chi connectivity index (χ2v) is 7.77. The number of rotatable bonds is 9. The summed E-state index contributed by atoms with van der Waals surface area (Å²) in [6.45, 7) is 3.19. The number of β-amino-alcohol motifs (C(OH)–C–C–N with tert-alkyl or cyclic N) is 1. The molecular formula is C23H28N2O5. The number of aromatic hydroxyl groups is 1. The highest BCUT2D eigenvalue weighted by molar-refractivity contribution is 5.85. The molecule has 0 aliphatic carbocycles. The maximum atomic E-state index is 10.3. The van der Waals surface area contributed by atoms with Gasteiger partial charge in [-0.15, -0.1) is 0 Å². The molecule has 0 radical (unpaired) electrons. The van der Waals surface area contributed by atoms with Gasteiger partial charge in [0.2, 0.25) is 0 Å².